The predicted molar refractivity (Wildman–Crippen MR) is 99.7 cm³/mol. The lowest BCUT2D eigenvalue weighted by Crippen LogP contribution is -2.25. The van der Waals surface area contributed by atoms with Crippen molar-refractivity contribution in [3.05, 3.63) is 54.1 Å². The highest BCUT2D eigenvalue weighted by Gasteiger charge is 2.22. The molecule has 0 aliphatic carbocycles. The number of rotatable bonds is 7. The van der Waals surface area contributed by atoms with Crippen LogP contribution in [0.25, 0.3) is 0 Å². The van der Waals surface area contributed by atoms with E-state index in [2.05, 4.69) is 4.72 Å². The topological polar surface area (TPSA) is 75.7 Å². The van der Waals surface area contributed by atoms with Crippen LogP contribution in [0.5, 0.6) is 5.75 Å². The molecule has 0 aromatic heterocycles. The molecular formula is C19H22N2O4S. The number of sulfonamides is 1. The lowest BCUT2D eigenvalue weighted by atomic mass is 10.2. The minimum absolute atomic E-state index is 0.0780. The van der Waals surface area contributed by atoms with E-state index in [-0.39, 0.29) is 17.3 Å². The Morgan fingerprint density at radius 3 is 2.35 bits per heavy atom. The van der Waals surface area contributed by atoms with Crippen molar-refractivity contribution in [1.82, 2.24) is 4.72 Å². The van der Waals surface area contributed by atoms with Crippen molar-refractivity contribution >= 4 is 21.6 Å². The van der Waals surface area contributed by atoms with Crippen LogP contribution in [0.3, 0.4) is 0 Å². The number of hydrogen-bond acceptors (Lipinski definition) is 4. The summed E-state index contributed by atoms with van der Waals surface area (Å²) in [6.07, 6.45) is 1.38. The van der Waals surface area contributed by atoms with Gasteiger partial charge in [-0.3, -0.25) is 4.79 Å². The number of amides is 1. The molecule has 1 aliphatic heterocycles. The first-order valence-electron chi connectivity index (χ1n) is 8.61. The molecule has 2 aromatic carbocycles. The monoisotopic (exact) mass is 374 g/mol. The van der Waals surface area contributed by atoms with Crippen molar-refractivity contribution in [2.45, 2.75) is 31.2 Å². The molecular weight excluding hydrogens is 352 g/mol. The van der Waals surface area contributed by atoms with E-state index >= 15 is 0 Å². The summed E-state index contributed by atoms with van der Waals surface area (Å²) < 4.78 is 32.9. The summed E-state index contributed by atoms with van der Waals surface area (Å²) in [6.45, 7) is 3.37. The summed E-state index contributed by atoms with van der Waals surface area (Å²) >= 11 is 0. The second-order valence-corrected chi connectivity index (χ2v) is 7.81. The van der Waals surface area contributed by atoms with Crippen molar-refractivity contribution in [2.75, 3.05) is 18.1 Å². The second-order valence-electron chi connectivity index (χ2n) is 6.04. The highest BCUT2D eigenvalue weighted by molar-refractivity contribution is 7.89. The van der Waals surface area contributed by atoms with E-state index in [1.807, 2.05) is 31.2 Å². The van der Waals surface area contributed by atoms with E-state index in [1.165, 1.54) is 12.1 Å². The molecule has 1 amide bonds. The maximum Gasteiger partial charge on any atom is 0.240 e. The zero-order valence-corrected chi connectivity index (χ0v) is 15.5. The van der Waals surface area contributed by atoms with E-state index < -0.39 is 10.0 Å². The maximum atomic E-state index is 12.5. The molecule has 1 N–H and O–H groups in total. The van der Waals surface area contributed by atoms with Crippen LogP contribution in [0.4, 0.5) is 5.69 Å². The molecule has 0 spiro atoms. The van der Waals surface area contributed by atoms with E-state index in [0.29, 0.717) is 19.6 Å². The zero-order chi connectivity index (χ0) is 18.6. The van der Waals surface area contributed by atoms with Gasteiger partial charge in [0.2, 0.25) is 15.9 Å². The number of benzene rings is 2. The summed E-state index contributed by atoms with van der Waals surface area (Å²) in [6, 6.07) is 13.7. The molecule has 0 saturated carbocycles. The molecule has 0 unspecified atom stereocenters. The maximum absolute atomic E-state index is 12.5. The number of hydrogen-bond donors (Lipinski definition) is 1. The van der Waals surface area contributed by atoms with Gasteiger partial charge in [0.05, 0.1) is 11.5 Å². The average Bonchev–Trinajstić information content (AvgIpc) is 3.08. The Morgan fingerprint density at radius 2 is 1.77 bits per heavy atom. The lowest BCUT2D eigenvalue weighted by molar-refractivity contribution is -0.117. The quantitative estimate of drug-likeness (QED) is 0.808. The van der Waals surface area contributed by atoms with Crippen LogP contribution in [0.1, 0.15) is 25.3 Å². The predicted octanol–water partition coefficient (Wildman–Crippen LogP) is 2.69. The lowest BCUT2D eigenvalue weighted by Gasteiger charge is -2.16. The van der Waals surface area contributed by atoms with Crippen molar-refractivity contribution in [1.29, 1.82) is 0 Å². The molecule has 1 fully saturated rings. The van der Waals surface area contributed by atoms with Gasteiger partial charge >= 0.3 is 0 Å². The van der Waals surface area contributed by atoms with Gasteiger partial charge in [-0.25, -0.2) is 13.1 Å². The van der Waals surface area contributed by atoms with Crippen molar-refractivity contribution in [3.63, 3.8) is 0 Å². The number of carbonyl (C=O) groups excluding carboxylic acids is 1. The van der Waals surface area contributed by atoms with Crippen LogP contribution in [-0.4, -0.2) is 27.5 Å². The standard InChI is InChI=1S/C19H22N2O4S/c1-2-25-17-9-5-15(6-10-17)14-20-26(23,24)18-11-7-16(8-12-18)21-13-3-4-19(21)22/h5-12,20H,2-4,13-14H2,1H3. The van der Waals surface area contributed by atoms with Crippen LogP contribution in [-0.2, 0) is 21.4 Å². The average molecular weight is 374 g/mol. The molecule has 2 aromatic rings. The van der Waals surface area contributed by atoms with Gasteiger partial charge in [-0.2, -0.15) is 0 Å². The Bertz CT molecular complexity index is 861. The second kappa shape index (κ2) is 7.88. The van der Waals surface area contributed by atoms with E-state index in [4.69, 9.17) is 4.74 Å². The number of nitrogens with one attached hydrogen (secondary N) is 1. The Hall–Kier alpha value is -2.38. The smallest absolute Gasteiger partial charge is 0.240 e. The minimum atomic E-state index is -3.62. The van der Waals surface area contributed by atoms with Crippen molar-refractivity contribution in [2.24, 2.45) is 0 Å². The molecule has 7 heteroatoms. The summed E-state index contributed by atoms with van der Waals surface area (Å²) in [7, 11) is -3.62. The van der Waals surface area contributed by atoms with Crippen LogP contribution >= 0.6 is 0 Å². The molecule has 138 valence electrons. The van der Waals surface area contributed by atoms with Crippen LogP contribution in [0.15, 0.2) is 53.4 Å². The van der Waals surface area contributed by atoms with Crippen molar-refractivity contribution < 1.29 is 17.9 Å². The third-order valence-electron chi connectivity index (χ3n) is 4.23. The Morgan fingerprint density at radius 1 is 1.08 bits per heavy atom. The first-order valence-corrected chi connectivity index (χ1v) is 10.1. The molecule has 0 radical (unpaired) electrons. The van der Waals surface area contributed by atoms with Crippen LogP contribution in [0.2, 0.25) is 0 Å². The first-order chi connectivity index (χ1) is 12.5. The van der Waals surface area contributed by atoms with E-state index in [1.54, 1.807) is 17.0 Å². The summed E-state index contributed by atoms with van der Waals surface area (Å²) in [5, 5.41) is 0. The fraction of sp³-hybridized carbons (Fsp3) is 0.316. The molecule has 1 aliphatic rings. The first kappa shape index (κ1) is 18.4. The molecule has 6 nitrogen and oxygen atoms in total. The van der Waals surface area contributed by atoms with Crippen LogP contribution < -0.4 is 14.4 Å². The van der Waals surface area contributed by atoms with Gasteiger partial charge in [0.25, 0.3) is 0 Å². The van der Waals surface area contributed by atoms with Gasteiger partial charge in [0.15, 0.2) is 0 Å². The van der Waals surface area contributed by atoms with Crippen molar-refractivity contribution in [3.8, 4) is 5.75 Å². The Kier molecular flexibility index (Phi) is 5.58. The molecule has 0 atom stereocenters. The minimum Gasteiger partial charge on any atom is -0.494 e. The van der Waals surface area contributed by atoms with Gasteiger partial charge in [-0.1, -0.05) is 12.1 Å². The summed E-state index contributed by atoms with van der Waals surface area (Å²) in [5.74, 6) is 0.834. The Balaban J connectivity index is 1.65. The fourth-order valence-corrected chi connectivity index (χ4v) is 3.88. The highest BCUT2D eigenvalue weighted by atomic mass is 32.2. The number of ether oxygens (including phenoxy) is 1. The summed E-state index contributed by atoms with van der Waals surface area (Å²) in [4.78, 5) is 13.6. The molecule has 3 rings (SSSR count). The van der Waals surface area contributed by atoms with Gasteiger partial charge < -0.3 is 9.64 Å². The largest absolute Gasteiger partial charge is 0.494 e. The fourth-order valence-electron chi connectivity index (χ4n) is 2.86. The molecule has 1 saturated heterocycles. The van der Waals surface area contributed by atoms with Gasteiger partial charge in [-0.05, 0) is 55.3 Å². The SMILES string of the molecule is CCOc1ccc(CNS(=O)(=O)c2ccc(N3CCCC3=O)cc2)cc1. The molecule has 1 heterocycles. The van der Waals surface area contributed by atoms with Gasteiger partial charge in [0.1, 0.15) is 5.75 Å². The third kappa shape index (κ3) is 4.23. The summed E-state index contributed by atoms with van der Waals surface area (Å²) in [5.41, 5.74) is 1.58. The number of anilines is 1. The van der Waals surface area contributed by atoms with E-state index in [0.717, 1.165) is 23.4 Å². The highest BCUT2D eigenvalue weighted by Crippen LogP contribution is 2.23. The van der Waals surface area contributed by atoms with Gasteiger partial charge in [-0.15, -0.1) is 0 Å². The molecule has 26 heavy (non-hydrogen) atoms. The normalized spacial score (nSPS) is 14.7. The number of carbonyl (C=O) groups is 1. The van der Waals surface area contributed by atoms with Gasteiger partial charge in [0, 0.05) is 25.2 Å². The van der Waals surface area contributed by atoms with Crippen LogP contribution in [0, 0.1) is 0 Å². The third-order valence-corrected chi connectivity index (χ3v) is 5.65. The Labute approximate surface area is 153 Å². The number of nitrogens with zero attached hydrogens (tertiary/aromatic N) is 1. The van der Waals surface area contributed by atoms with E-state index in [9.17, 15) is 13.2 Å². The zero-order valence-electron chi connectivity index (χ0n) is 14.6. The molecule has 0 bridgehead atoms.